The molecule has 0 aromatic heterocycles. The van der Waals surface area contributed by atoms with Crippen molar-refractivity contribution in [2.75, 3.05) is 38.4 Å². The van der Waals surface area contributed by atoms with E-state index >= 15 is 0 Å². The number of benzene rings is 2. The first-order valence-electron chi connectivity index (χ1n) is 9.31. The first-order chi connectivity index (χ1) is 14.4. The molecule has 2 heterocycles. The van der Waals surface area contributed by atoms with Gasteiger partial charge in [-0.15, -0.1) is 0 Å². The lowest BCUT2D eigenvalue weighted by molar-refractivity contribution is -0.127. The van der Waals surface area contributed by atoms with E-state index in [9.17, 15) is 13.2 Å². The van der Waals surface area contributed by atoms with E-state index in [2.05, 4.69) is 5.10 Å². The van der Waals surface area contributed by atoms with E-state index in [4.69, 9.17) is 21.1 Å². The lowest BCUT2D eigenvalue weighted by atomic mass is 10.2. The molecule has 10 heteroatoms. The number of carbonyl (C=O) groups excluding carboxylic acids is 1. The Kier molecular flexibility index (Phi) is 5.68. The number of anilines is 1. The monoisotopic (exact) mass is 449 g/mol. The van der Waals surface area contributed by atoms with E-state index in [1.54, 1.807) is 19.2 Å². The molecule has 0 atom stereocenters. The number of halogens is 1. The minimum Gasteiger partial charge on any atom is -0.497 e. The molecule has 0 bridgehead atoms. The van der Waals surface area contributed by atoms with Crippen LogP contribution in [0.15, 0.2) is 52.5 Å². The Balaban J connectivity index is 1.77. The lowest BCUT2D eigenvalue weighted by Crippen LogP contribution is -2.47. The maximum Gasteiger partial charge on any atom is 0.286 e. The fourth-order valence-corrected chi connectivity index (χ4v) is 5.10. The Labute approximate surface area is 179 Å². The third-order valence-corrected chi connectivity index (χ3v) is 6.81. The Hall–Kier alpha value is -2.62. The van der Waals surface area contributed by atoms with Crippen LogP contribution in [0.2, 0.25) is 5.02 Å². The predicted octanol–water partition coefficient (Wildman–Crippen LogP) is 2.31. The average Bonchev–Trinajstić information content (AvgIpc) is 2.76. The van der Waals surface area contributed by atoms with Crippen LogP contribution in [0.1, 0.15) is 5.56 Å². The van der Waals surface area contributed by atoms with Gasteiger partial charge < -0.3 is 14.4 Å². The van der Waals surface area contributed by atoms with Gasteiger partial charge in [0.05, 0.1) is 32.6 Å². The van der Waals surface area contributed by atoms with E-state index < -0.39 is 20.8 Å². The average molecular weight is 450 g/mol. The van der Waals surface area contributed by atoms with E-state index in [0.29, 0.717) is 37.7 Å². The molecule has 0 unspecified atom stereocenters. The lowest BCUT2D eigenvalue weighted by Gasteiger charge is -2.31. The summed E-state index contributed by atoms with van der Waals surface area (Å²) in [5.41, 5.74) is 1.21. The Morgan fingerprint density at radius 2 is 1.97 bits per heavy atom. The summed E-state index contributed by atoms with van der Waals surface area (Å²) in [5, 5.41) is 5.54. The number of methoxy groups -OCH3 is 1. The Morgan fingerprint density at radius 3 is 2.70 bits per heavy atom. The van der Waals surface area contributed by atoms with E-state index in [1.165, 1.54) is 16.0 Å². The smallest absolute Gasteiger partial charge is 0.286 e. The molecule has 2 aliphatic heterocycles. The van der Waals surface area contributed by atoms with Gasteiger partial charge in [0, 0.05) is 18.1 Å². The molecule has 4 rings (SSSR count). The quantitative estimate of drug-likeness (QED) is 0.711. The van der Waals surface area contributed by atoms with Crippen molar-refractivity contribution in [1.29, 1.82) is 0 Å². The summed E-state index contributed by atoms with van der Waals surface area (Å²) >= 11 is 6.08. The number of hydrogen-bond donors (Lipinski definition) is 0. The van der Waals surface area contributed by atoms with Gasteiger partial charge in [-0.2, -0.15) is 5.10 Å². The third-order valence-electron chi connectivity index (χ3n) is 4.90. The molecule has 0 saturated carbocycles. The van der Waals surface area contributed by atoms with Gasteiger partial charge in [-0.1, -0.05) is 23.7 Å². The normalized spacial score (nSPS) is 17.9. The molecule has 8 nitrogen and oxygen atoms in total. The summed E-state index contributed by atoms with van der Waals surface area (Å²) in [5.74, 6) is 0.0293. The number of ether oxygens (including phenoxy) is 2. The standard InChI is InChI=1S/C20H20ClN3O5S/c1-28-16-4-2-3-14(11-16)13-24-17-6-5-15(21)12-18(17)30(26,27)19(22-24)20(25)23-7-9-29-10-8-23/h2-6,11-12H,7-10,13H2,1H3. The molecule has 1 fully saturated rings. The predicted molar refractivity (Wildman–Crippen MR) is 113 cm³/mol. The van der Waals surface area contributed by atoms with Crippen molar-refractivity contribution in [3.63, 3.8) is 0 Å². The zero-order valence-corrected chi connectivity index (χ0v) is 17.8. The highest BCUT2D eigenvalue weighted by Crippen LogP contribution is 2.35. The number of hydrogen-bond acceptors (Lipinski definition) is 7. The molecule has 2 aliphatic rings. The van der Waals surface area contributed by atoms with Crippen LogP contribution in [0.5, 0.6) is 5.75 Å². The zero-order valence-electron chi connectivity index (χ0n) is 16.2. The number of sulfone groups is 1. The molecule has 1 amide bonds. The molecule has 0 spiro atoms. The van der Waals surface area contributed by atoms with Crippen LogP contribution in [0.25, 0.3) is 0 Å². The van der Waals surface area contributed by atoms with Crippen LogP contribution >= 0.6 is 11.6 Å². The number of carbonyl (C=O) groups is 1. The fourth-order valence-electron chi connectivity index (χ4n) is 3.36. The molecule has 2 aromatic carbocycles. The minimum absolute atomic E-state index is 0.0375. The zero-order chi connectivity index (χ0) is 21.3. The molecule has 158 valence electrons. The maximum absolute atomic E-state index is 13.2. The van der Waals surface area contributed by atoms with Gasteiger partial charge in [0.1, 0.15) is 10.6 Å². The molecular weight excluding hydrogens is 430 g/mol. The van der Waals surface area contributed by atoms with Crippen molar-refractivity contribution in [2.24, 2.45) is 5.10 Å². The molecule has 1 saturated heterocycles. The summed E-state index contributed by atoms with van der Waals surface area (Å²) in [6.45, 7) is 1.59. The van der Waals surface area contributed by atoms with Gasteiger partial charge in [0.25, 0.3) is 5.91 Å². The number of amides is 1. The second kappa shape index (κ2) is 8.25. The van der Waals surface area contributed by atoms with Crippen LogP contribution < -0.4 is 9.75 Å². The largest absolute Gasteiger partial charge is 0.497 e. The molecule has 30 heavy (non-hydrogen) atoms. The molecule has 0 aliphatic carbocycles. The van der Waals surface area contributed by atoms with Gasteiger partial charge in [0.2, 0.25) is 14.9 Å². The van der Waals surface area contributed by atoms with Gasteiger partial charge in [-0.3, -0.25) is 9.80 Å². The number of morpholine rings is 1. The second-order valence-electron chi connectivity index (χ2n) is 6.83. The van der Waals surface area contributed by atoms with Crippen molar-refractivity contribution in [3.05, 3.63) is 53.1 Å². The number of nitrogens with zero attached hydrogens (tertiary/aromatic N) is 3. The van der Waals surface area contributed by atoms with Crippen molar-refractivity contribution in [1.82, 2.24) is 4.90 Å². The number of rotatable bonds is 4. The molecular formula is C20H20ClN3O5S. The van der Waals surface area contributed by atoms with Crippen molar-refractivity contribution < 1.29 is 22.7 Å². The van der Waals surface area contributed by atoms with Crippen molar-refractivity contribution >= 4 is 38.1 Å². The van der Waals surface area contributed by atoms with Gasteiger partial charge in [-0.25, -0.2) is 8.42 Å². The van der Waals surface area contributed by atoms with Gasteiger partial charge >= 0.3 is 0 Å². The SMILES string of the molecule is COc1cccc(CN2N=C(C(=O)N3CCOCC3)S(=O)(=O)c3cc(Cl)ccc32)c1. The number of hydrazone groups is 1. The van der Waals surface area contributed by atoms with Crippen LogP contribution in [0, 0.1) is 0 Å². The Morgan fingerprint density at radius 1 is 1.20 bits per heavy atom. The maximum atomic E-state index is 13.2. The highest BCUT2D eigenvalue weighted by Gasteiger charge is 2.40. The highest BCUT2D eigenvalue weighted by molar-refractivity contribution is 8.08. The fraction of sp³-hybridized carbons (Fsp3) is 0.300. The van der Waals surface area contributed by atoms with Crippen molar-refractivity contribution in [3.8, 4) is 5.75 Å². The van der Waals surface area contributed by atoms with E-state index in [-0.39, 0.29) is 16.5 Å². The Bertz CT molecular complexity index is 1110. The van der Waals surface area contributed by atoms with Gasteiger partial charge in [-0.05, 0) is 35.9 Å². The summed E-state index contributed by atoms with van der Waals surface area (Å²) in [4.78, 5) is 14.4. The summed E-state index contributed by atoms with van der Waals surface area (Å²) in [7, 11) is -2.55. The van der Waals surface area contributed by atoms with Crippen LogP contribution in [0.3, 0.4) is 0 Å². The van der Waals surface area contributed by atoms with Crippen LogP contribution in [-0.2, 0) is 25.9 Å². The summed E-state index contributed by atoms with van der Waals surface area (Å²) in [6.07, 6.45) is 0. The summed E-state index contributed by atoms with van der Waals surface area (Å²) in [6, 6.07) is 11.9. The second-order valence-corrected chi connectivity index (χ2v) is 9.10. The topological polar surface area (TPSA) is 88.5 Å². The minimum atomic E-state index is -4.12. The highest BCUT2D eigenvalue weighted by atomic mass is 35.5. The molecule has 2 aromatic rings. The van der Waals surface area contributed by atoms with E-state index in [0.717, 1.165) is 5.56 Å². The van der Waals surface area contributed by atoms with Crippen LogP contribution in [-0.4, -0.2) is 57.7 Å². The summed E-state index contributed by atoms with van der Waals surface area (Å²) < 4.78 is 37.0. The number of fused-ring (bicyclic) bond motifs is 1. The van der Waals surface area contributed by atoms with Crippen molar-refractivity contribution in [2.45, 2.75) is 11.4 Å². The third kappa shape index (κ3) is 3.88. The molecule has 0 radical (unpaired) electrons. The van der Waals surface area contributed by atoms with Gasteiger partial charge in [0.15, 0.2) is 0 Å². The first kappa shape index (κ1) is 20.6. The molecule has 0 N–H and O–H groups in total. The van der Waals surface area contributed by atoms with E-state index in [1.807, 2.05) is 24.3 Å². The first-order valence-corrected chi connectivity index (χ1v) is 11.2. The van der Waals surface area contributed by atoms with Crippen LogP contribution in [0.4, 0.5) is 5.69 Å².